The highest BCUT2D eigenvalue weighted by Gasteiger charge is 2.16. The number of halogens is 1. The fourth-order valence-corrected chi connectivity index (χ4v) is 2.13. The van der Waals surface area contributed by atoms with Crippen molar-refractivity contribution in [1.29, 1.82) is 0 Å². The first kappa shape index (κ1) is 17.8. The van der Waals surface area contributed by atoms with Crippen molar-refractivity contribution in [2.24, 2.45) is 0 Å². The molecule has 2 aromatic carbocycles. The van der Waals surface area contributed by atoms with E-state index in [2.05, 4.69) is 5.32 Å². The van der Waals surface area contributed by atoms with E-state index in [0.717, 1.165) is 0 Å². The van der Waals surface area contributed by atoms with Crippen LogP contribution in [0.5, 0.6) is 5.75 Å². The molecule has 0 aromatic heterocycles. The van der Waals surface area contributed by atoms with Gasteiger partial charge in [-0.3, -0.25) is 9.59 Å². The smallest absolute Gasteiger partial charge is 0.265 e. The molecule has 1 atom stereocenters. The minimum atomic E-state index is -0.695. The zero-order valence-corrected chi connectivity index (χ0v) is 14.5. The van der Waals surface area contributed by atoms with E-state index >= 15 is 0 Å². The monoisotopic (exact) mass is 346 g/mol. The topological polar surface area (TPSA) is 58.6 Å². The van der Waals surface area contributed by atoms with Gasteiger partial charge in [0.1, 0.15) is 5.75 Å². The maximum atomic E-state index is 12.2. The van der Waals surface area contributed by atoms with Crippen molar-refractivity contribution >= 4 is 29.1 Å². The lowest BCUT2D eigenvalue weighted by Gasteiger charge is -2.15. The van der Waals surface area contributed by atoms with Crippen LogP contribution in [-0.4, -0.2) is 36.9 Å². The van der Waals surface area contributed by atoms with E-state index < -0.39 is 6.10 Å². The predicted molar refractivity (Wildman–Crippen MR) is 94.6 cm³/mol. The highest BCUT2D eigenvalue weighted by molar-refractivity contribution is 6.30. The van der Waals surface area contributed by atoms with Gasteiger partial charge in [0.2, 0.25) is 0 Å². The number of hydrogen-bond donors (Lipinski definition) is 1. The van der Waals surface area contributed by atoms with Crippen molar-refractivity contribution in [2.45, 2.75) is 13.0 Å². The molecule has 0 spiro atoms. The van der Waals surface area contributed by atoms with E-state index in [0.29, 0.717) is 22.0 Å². The molecule has 0 bridgehead atoms. The van der Waals surface area contributed by atoms with Gasteiger partial charge in [-0.15, -0.1) is 0 Å². The Balaban J connectivity index is 2.02. The van der Waals surface area contributed by atoms with Crippen LogP contribution in [0.25, 0.3) is 0 Å². The molecular weight excluding hydrogens is 328 g/mol. The van der Waals surface area contributed by atoms with Crippen LogP contribution in [-0.2, 0) is 4.79 Å². The van der Waals surface area contributed by atoms with Crippen LogP contribution >= 0.6 is 11.6 Å². The molecule has 1 N–H and O–H groups in total. The summed E-state index contributed by atoms with van der Waals surface area (Å²) in [5.74, 6) is 0.120. The van der Waals surface area contributed by atoms with E-state index in [1.165, 1.54) is 4.90 Å². The number of anilines is 1. The second kappa shape index (κ2) is 7.84. The summed E-state index contributed by atoms with van der Waals surface area (Å²) < 4.78 is 5.57. The molecule has 0 saturated carbocycles. The molecule has 0 heterocycles. The standard InChI is InChI=1S/C18H19ClN2O3/c1-12(24-16-9-7-14(19)8-10-16)17(22)20-15-6-4-5-13(11-15)18(23)21(2)3/h4-12H,1-3H3,(H,20,22)/t12-/m0/s1. The van der Waals surface area contributed by atoms with Crippen LogP contribution in [0, 0.1) is 0 Å². The number of benzene rings is 2. The second-order valence-electron chi connectivity index (χ2n) is 5.48. The zero-order chi connectivity index (χ0) is 17.7. The van der Waals surface area contributed by atoms with E-state index in [9.17, 15) is 9.59 Å². The first-order chi connectivity index (χ1) is 11.4. The largest absolute Gasteiger partial charge is 0.481 e. The highest BCUT2D eigenvalue weighted by Crippen LogP contribution is 2.18. The van der Waals surface area contributed by atoms with Crippen molar-refractivity contribution in [3.63, 3.8) is 0 Å². The van der Waals surface area contributed by atoms with Crippen molar-refractivity contribution in [3.05, 3.63) is 59.1 Å². The molecule has 0 fully saturated rings. The van der Waals surface area contributed by atoms with Crippen LogP contribution in [0.1, 0.15) is 17.3 Å². The summed E-state index contributed by atoms with van der Waals surface area (Å²) in [4.78, 5) is 25.7. The normalized spacial score (nSPS) is 11.5. The van der Waals surface area contributed by atoms with Gasteiger partial charge >= 0.3 is 0 Å². The minimum absolute atomic E-state index is 0.128. The average molecular weight is 347 g/mol. The second-order valence-corrected chi connectivity index (χ2v) is 5.92. The number of rotatable bonds is 5. The lowest BCUT2D eigenvalue weighted by Crippen LogP contribution is -2.30. The van der Waals surface area contributed by atoms with Crippen LogP contribution < -0.4 is 10.1 Å². The third-order valence-corrected chi connectivity index (χ3v) is 3.53. The van der Waals surface area contributed by atoms with E-state index in [1.807, 2.05) is 0 Å². The summed E-state index contributed by atoms with van der Waals surface area (Å²) in [5, 5.41) is 3.35. The van der Waals surface area contributed by atoms with E-state index in [-0.39, 0.29) is 11.8 Å². The van der Waals surface area contributed by atoms with Gasteiger partial charge in [0.15, 0.2) is 6.10 Å². The molecule has 2 aromatic rings. The Hall–Kier alpha value is -2.53. The first-order valence-electron chi connectivity index (χ1n) is 7.41. The summed E-state index contributed by atoms with van der Waals surface area (Å²) >= 11 is 5.81. The fraction of sp³-hybridized carbons (Fsp3) is 0.222. The first-order valence-corrected chi connectivity index (χ1v) is 7.79. The number of nitrogens with one attached hydrogen (secondary N) is 1. The molecule has 0 radical (unpaired) electrons. The number of hydrogen-bond acceptors (Lipinski definition) is 3. The minimum Gasteiger partial charge on any atom is -0.481 e. The highest BCUT2D eigenvalue weighted by atomic mass is 35.5. The summed E-state index contributed by atoms with van der Waals surface area (Å²) in [6, 6.07) is 13.6. The summed E-state index contributed by atoms with van der Waals surface area (Å²) in [5.41, 5.74) is 1.04. The molecule has 0 aliphatic rings. The van der Waals surface area contributed by atoms with Crippen molar-refractivity contribution in [1.82, 2.24) is 4.90 Å². The summed E-state index contributed by atoms with van der Waals surface area (Å²) in [6.45, 7) is 1.65. The third-order valence-electron chi connectivity index (χ3n) is 3.28. The van der Waals surface area contributed by atoms with Gasteiger partial charge in [-0.05, 0) is 49.4 Å². The molecule has 0 aliphatic heterocycles. The fourth-order valence-electron chi connectivity index (χ4n) is 2.00. The van der Waals surface area contributed by atoms with Crippen molar-refractivity contribution < 1.29 is 14.3 Å². The third kappa shape index (κ3) is 4.73. The van der Waals surface area contributed by atoms with Gasteiger partial charge in [0.05, 0.1) is 0 Å². The van der Waals surface area contributed by atoms with Gasteiger partial charge in [-0.1, -0.05) is 17.7 Å². The van der Waals surface area contributed by atoms with Crippen LogP contribution in [0.2, 0.25) is 5.02 Å². The molecule has 2 amide bonds. The van der Waals surface area contributed by atoms with Crippen LogP contribution in [0.3, 0.4) is 0 Å². The van der Waals surface area contributed by atoms with Crippen molar-refractivity contribution in [3.8, 4) is 5.75 Å². The Morgan fingerprint density at radius 3 is 2.42 bits per heavy atom. The van der Waals surface area contributed by atoms with Gasteiger partial charge in [-0.25, -0.2) is 0 Å². The molecule has 6 heteroatoms. The van der Waals surface area contributed by atoms with Gasteiger partial charge in [0.25, 0.3) is 11.8 Å². The zero-order valence-electron chi connectivity index (χ0n) is 13.7. The number of nitrogens with zero attached hydrogens (tertiary/aromatic N) is 1. The Bertz CT molecular complexity index is 729. The Labute approximate surface area is 146 Å². The molecule has 2 rings (SSSR count). The number of carbonyl (C=O) groups excluding carboxylic acids is 2. The lowest BCUT2D eigenvalue weighted by atomic mass is 10.1. The Morgan fingerprint density at radius 2 is 1.79 bits per heavy atom. The molecule has 126 valence electrons. The van der Waals surface area contributed by atoms with Crippen molar-refractivity contribution in [2.75, 3.05) is 19.4 Å². The predicted octanol–water partition coefficient (Wildman–Crippen LogP) is 3.45. The summed E-state index contributed by atoms with van der Waals surface area (Å²) in [7, 11) is 3.35. The average Bonchev–Trinajstić information content (AvgIpc) is 2.56. The molecule has 24 heavy (non-hydrogen) atoms. The van der Waals surface area contributed by atoms with Gasteiger partial charge in [0, 0.05) is 30.4 Å². The number of ether oxygens (including phenoxy) is 1. The Kier molecular flexibility index (Phi) is 5.82. The number of carbonyl (C=O) groups is 2. The van der Waals surface area contributed by atoms with Gasteiger partial charge < -0.3 is 15.0 Å². The molecule has 5 nitrogen and oxygen atoms in total. The van der Waals surface area contributed by atoms with Gasteiger partial charge in [-0.2, -0.15) is 0 Å². The Morgan fingerprint density at radius 1 is 1.12 bits per heavy atom. The number of amides is 2. The maximum Gasteiger partial charge on any atom is 0.265 e. The van der Waals surface area contributed by atoms with Crippen LogP contribution in [0.4, 0.5) is 5.69 Å². The quantitative estimate of drug-likeness (QED) is 0.902. The van der Waals surface area contributed by atoms with E-state index in [1.54, 1.807) is 69.6 Å². The molecule has 0 unspecified atom stereocenters. The molecule has 0 aliphatic carbocycles. The van der Waals surface area contributed by atoms with Crippen LogP contribution in [0.15, 0.2) is 48.5 Å². The molecule has 0 saturated heterocycles. The molecular formula is C18H19ClN2O3. The summed E-state index contributed by atoms with van der Waals surface area (Å²) in [6.07, 6.45) is -0.695. The lowest BCUT2D eigenvalue weighted by molar-refractivity contribution is -0.122. The maximum absolute atomic E-state index is 12.2. The SMILES string of the molecule is C[C@H](Oc1ccc(Cl)cc1)C(=O)Nc1cccc(C(=O)N(C)C)c1. The van der Waals surface area contributed by atoms with E-state index in [4.69, 9.17) is 16.3 Å².